The molecule has 3 heteroatoms. The summed E-state index contributed by atoms with van der Waals surface area (Å²) in [6, 6.07) is 7.71. The topological polar surface area (TPSA) is 44.0 Å². The van der Waals surface area contributed by atoms with E-state index in [4.69, 9.17) is 10.4 Å². The van der Waals surface area contributed by atoms with E-state index in [-0.39, 0.29) is 12.5 Å². The molecule has 0 aliphatic heterocycles. The maximum Gasteiger partial charge on any atom is 0.0701 e. The number of benzene rings is 1. The van der Waals surface area contributed by atoms with Crippen LogP contribution in [-0.2, 0) is 6.61 Å². The zero-order valence-corrected chi connectivity index (χ0v) is 8.87. The highest BCUT2D eigenvalue weighted by molar-refractivity contribution is 9.10. The second-order valence-electron chi connectivity index (χ2n) is 2.85. The lowest BCUT2D eigenvalue weighted by Gasteiger charge is -2.09. The molecule has 1 aromatic rings. The first kappa shape index (κ1) is 10.2. The molecule has 1 aromatic carbocycles. The van der Waals surface area contributed by atoms with Crippen LogP contribution in [0, 0.1) is 11.3 Å². The van der Waals surface area contributed by atoms with E-state index in [2.05, 4.69) is 22.0 Å². The SMILES string of the molecule is CC(C#N)c1cc(Br)ccc1CO. The summed E-state index contributed by atoms with van der Waals surface area (Å²) in [5.74, 6) is -0.181. The third kappa shape index (κ3) is 2.30. The van der Waals surface area contributed by atoms with Gasteiger partial charge in [-0.25, -0.2) is 0 Å². The summed E-state index contributed by atoms with van der Waals surface area (Å²) in [6.07, 6.45) is 0. The predicted molar refractivity (Wildman–Crippen MR) is 54.1 cm³/mol. The van der Waals surface area contributed by atoms with Gasteiger partial charge in [-0.3, -0.25) is 0 Å². The van der Waals surface area contributed by atoms with Crippen molar-refractivity contribution in [2.75, 3.05) is 0 Å². The number of hydrogen-bond acceptors (Lipinski definition) is 2. The van der Waals surface area contributed by atoms with E-state index >= 15 is 0 Å². The number of nitriles is 1. The highest BCUT2D eigenvalue weighted by Gasteiger charge is 2.09. The lowest BCUT2D eigenvalue weighted by Crippen LogP contribution is -1.97. The van der Waals surface area contributed by atoms with Crippen LogP contribution in [0.5, 0.6) is 0 Å². The van der Waals surface area contributed by atoms with E-state index in [1.54, 1.807) is 0 Å². The van der Waals surface area contributed by atoms with Crippen LogP contribution in [0.2, 0.25) is 0 Å². The van der Waals surface area contributed by atoms with Crippen molar-refractivity contribution in [2.24, 2.45) is 0 Å². The molecule has 0 bridgehead atoms. The van der Waals surface area contributed by atoms with E-state index in [9.17, 15) is 0 Å². The summed E-state index contributed by atoms with van der Waals surface area (Å²) in [7, 11) is 0. The van der Waals surface area contributed by atoms with E-state index < -0.39 is 0 Å². The predicted octanol–water partition coefficient (Wildman–Crippen LogP) is 2.57. The maximum atomic E-state index is 9.03. The van der Waals surface area contributed by atoms with Crippen LogP contribution in [0.15, 0.2) is 22.7 Å². The van der Waals surface area contributed by atoms with Crippen LogP contribution in [0.1, 0.15) is 24.0 Å². The molecule has 0 aliphatic carbocycles. The third-order valence-corrected chi connectivity index (χ3v) is 2.43. The smallest absolute Gasteiger partial charge is 0.0701 e. The van der Waals surface area contributed by atoms with Crippen LogP contribution in [0.25, 0.3) is 0 Å². The Morgan fingerprint density at radius 2 is 2.31 bits per heavy atom. The molecule has 0 aromatic heterocycles. The Balaban J connectivity index is 3.17. The first-order chi connectivity index (χ1) is 6.19. The zero-order chi connectivity index (χ0) is 9.84. The Kier molecular flexibility index (Phi) is 3.47. The van der Waals surface area contributed by atoms with Crippen LogP contribution in [0.3, 0.4) is 0 Å². The summed E-state index contributed by atoms with van der Waals surface area (Å²) >= 11 is 3.33. The molecule has 1 atom stereocenters. The fourth-order valence-electron chi connectivity index (χ4n) is 1.18. The van der Waals surface area contributed by atoms with E-state index in [0.717, 1.165) is 15.6 Å². The second-order valence-corrected chi connectivity index (χ2v) is 3.77. The fraction of sp³-hybridized carbons (Fsp3) is 0.300. The average molecular weight is 240 g/mol. The molecule has 0 saturated carbocycles. The molecule has 0 spiro atoms. The monoisotopic (exact) mass is 239 g/mol. The second kappa shape index (κ2) is 4.40. The highest BCUT2D eigenvalue weighted by Crippen LogP contribution is 2.23. The Hall–Kier alpha value is -0.850. The Labute approximate surface area is 85.9 Å². The molecule has 0 aliphatic rings. The van der Waals surface area contributed by atoms with Crippen molar-refractivity contribution < 1.29 is 5.11 Å². The molecular weight excluding hydrogens is 230 g/mol. The van der Waals surface area contributed by atoms with E-state index in [0.29, 0.717) is 0 Å². The fourth-order valence-corrected chi connectivity index (χ4v) is 1.56. The largest absolute Gasteiger partial charge is 0.392 e. The van der Waals surface area contributed by atoms with Gasteiger partial charge in [0.25, 0.3) is 0 Å². The molecule has 1 unspecified atom stereocenters. The summed E-state index contributed by atoms with van der Waals surface area (Å²) in [6.45, 7) is 1.80. The number of nitrogens with zero attached hydrogens (tertiary/aromatic N) is 1. The molecule has 0 radical (unpaired) electrons. The lowest BCUT2D eigenvalue weighted by atomic mass is 9.97. The normalized spacial score (nSPS) is 12.2. The van der Waals surface area contributed by atoms with Gasteiger partial charge < -0.3 is 5.11 Å². The summed E-state index contributed by atoms with van der Waals surface area (Å²) in [4.78, 5) is 0. The van der Waals surface area contributed by atoms with Gasteiger partial charge in [0, 0.05) is 4.47 Å². The molecular formula is C10H10BrNO. The lowest BCUT2D eigenvalue weighted by molar-refractivity contribution is 0.280. The minimum Gasteiger partial charge on any atom is -0.392 e. The molecule has 0 fully saturated rings. The summed E-state index contributed by atoms with van der Waals surface area (Å²) < 4.78 is 0.932. The van der Waals surface area contributed by atoms with Crippen molar-refractivity contribution >= 4 is 15.9 Å². The summed E-state index contributed by atoms with van der Waals surface area (Å²) in [5, 5.41) is 17.8. The third-order valence-electron chi connectivity index (χ3n) is 1.94. The first-order valence-electron chi connectivity index (χ1n) is 3.98. The first-order valence-corrected chi connectivity index (χ1v) is 4.77. The van der Waals surface area contributed by atoms with Gasteiger partial charge in [-0.1, -0.05) is 22.0 Å². The summed E-state index contributed by atoms with van der Waals surface area (Å²) in [5.41, 5.74) is 1.71. The van der Waals surface area contributed by atoms with E-state index in [1.165, 1.54) is 0 Å². The maximum absolute atomic E-state index is 9.03. The molecule has 0 saturated heterocycles. The minimum absolute atomic E-state index is 0.0192. The van der Waals surface area contributed by atoms with Gasteiger partial charge in [0.15, 0.2) is 0 Å². The van der Waals surface area contributed by atoms with Crippen molar-refractivity contribution in [1.82, 2.24) is 0 Å². The van der Waals surface area contributed by atoms with Crippen molar-refractivity contribution in [3.63, 3.8) is 0 Å². The molecule has 13 heavy (non-hydrogen) atoms. The minimum atomic E-state index is -0.181. The quantitative estimate of drug-likeness (QED) is 0.863. The number of halogens is 1. The average Bonchev–Trinajstić information content (AvgIpc) is 2.16. The van der Waals surface area contributed by atoms with Gasteiger partial charge in [0.1, 0.15) is 0 Å². The van der Waals surface area contributed by atoms with Gasteiger partial charge >= 0.3 is 0 Å². The Morgan fingerprint density at radius 1 is 1.62 bits per heavy atom. The number of aliphatic hydroxyl groups excluding tert-OH is 1. The molecule has 0 heterocycles. The number of hydrogen-bond donors (Lipinski definition) is 1. The van der Waals surface area contributed by atoms with Crippen molar-refractivity contribution in [3.05, 3.63) is 33.8 Å². The van der Waals surface area contributed by atoms with Gasteiger partial charge in [0.2, 0.25) is 0 Å². The van der Waals surface area contributed by atoms with Crippen LogP contribution in [0.4, 0.5) is 0 Å². The number of aliphatic hydroxyl groups is 1. The van der Waals surface area contributed by atoms with Gasteiger partial charge in [-0.15, -0.1) is 0 Å². The number of rotatable bonds is 2. The van der Waals surface area contributed by atoms with Crippen LogP contribution < -0.4 is 0 Å². The van der Waals surface area contributed by atoms with Crippen molar-refractivity contribution in [2.45, 2.75) is 19.4 Å². The van der Waals surface area contributed by atoms with Gasteiger partial charge in [-0.05, 0) is 30.2 Å². The van der Waals surface area contributed by atoms with Crippen molar-refractivity contribution in [3.8, 4) is 6.07 Å². The molecule has 0 amide bonds. The van der Waals surface area contributed by atoms with E-state index in [1.807, 2.05) is 25.1 Å². The van der Waals surface area contributed by atoms with Gasteiger partial charge in [-0.2, -0.15) is 5.26 Å². The standard InChI is InChI=1S/C10H10BrNO/c1-7(5-12)10-4-9(11)3-2-8(10)6-13/h2-4,7,13H,6H2,1H3. The van der Waals surface area contributed by atoms with Crippen molar-refractivity contribution in [1.29, 1.82) is 5.26 Å². The Bertz CT molecular complexity index is 343. The molecule has 2 nitrogen and oxygen atoms in total. The molecule has 68 valence electrons. The van der Waals surface area contributed by atoms with Crippen LogP contribution in [-0.4, -0.2) is 5.11 Å². The molecule has 1 N–H and O–H groups in total. The zero-order valence-electron chi connectivity index (χ0n) is 7.29. The Morgan fingerprint density at radius 3 is 2.85 bits per heavy atom. The molecule has 1 rings (SSSR count). The highest BCUT2D eigenvalue weighted by atomic mass is 79.9. The van der Waals surface area contributed by atoms with Crippen LogP contribution >= 0.6 is 15.9 Å². The van der Waals surface area contributed by atoms with Gasteiger partial charge in [0.05, 0.1) is 18.6 Å².